The number of alkyl halides is 1. The molecule has 0 aromatic heterocycles. The Morgan fingerprint density at radius 3 is 2.43 bits per heavy atom. The van der Waals surface area contributed by atoms with Crippen molar-refractivity contribution in [2.75, 3.05) is 5.88 Å². The van der Waals surface area contributed by atoms with Gasteiger partial charge in [0.15, 0.2) is 0 Å². The molecule has 0 saturated carbocycles. The van der Waals surface area contributed by atoms with Crippen molar-refractivity contribution in [2.24, 2.45) is 5.73 Å². The zero-order valence-electron chi connectivity index (χ0n) is 4.15. The van der Waals surface area contributed by atoms with Crippen molar-refractivity contribution in [2.45, 2.75) is 13.0 Å². The van der Waals surface area contributed by atoms with Crippen LogP contribution < -0.4 is 5.73 Å². The van der Waals surface area contributed by atoms with E-state index in [9.17, 15) is 4.79 Å². The molecule has 0 aromatic rings. The molecule has 1 atom stereocenters. The quantitative estimate of drug-likeness (QED) is 0.529. The fraction of sp³-hybridized carbons (Fsp3) is 0.750. The van der Waals surface area contributed by atoms with Crippen LogP contribution in [-0.4, -0.2) is 17.7 Å². The predicted molar refractivity (Wildman–Crippen MR) is 29.4 cm³/mol. The summed E-state index contributed by atoms with van der Waals surface area (Å²) in [6, 6.07) is -0.471. The van der Waals surface area contributed by atoms with Gasteiger partial charge in [0, 0.05) is 5.88 Å². The molecule has 0 heterocycles. The summed E-state index contributed by atoms with van der Waals surface area (Å²) in [4.78, 5) is 10.2. The Hall–Kier alpha value is -0.0800. The summed E-state index contributed by atoms with van der Waals surface area (Å²) in [6.45, 7) is 1.42. The van der Waals surface area contributed by atoms with E-state index in [2.05, 4.69) is 0 Å². The molecule has 0 radical (unpaired) electrons. The van der Waals surface area contributed by atoms with E-state index >= 15 is 0 Å². The second-order valence-electron chi connectivity index (χ2n) is 1.37. The van der Waals surface area contributed by atoms with Crippen LogP contribution in [0, 0.1) is 0 Å². The van der Waals surface area contributed by atoms with E-state index in [-0.39, 0.29) is 11.7 Å². The molecule has 0 unspecified atom stereocenters. The second kappa shape index (κ2) is 2.99. The highest BCUT2D eigenvalue weighted by Crippen LogP contribution is 1.82. The zero-order valence-corrected chi connectivity index (χ0v) is 4.90. The number of hydrogen-bond donors (Lipinski definition) is 1. The maximum Gasteiger partial charge on any atom is 0.147 e. The molecule has 0 aromatic carbocycles. The minimum absolute atomic E-state index is 0.0602. The topological polar surface area (TPSA) is 43.1 Å². The summed E-state index contributed by atoms with van der Waals surface area (Å²) < 4.78 is 0. The van der Waals surface area contributed by atoms with E-state index in [1.807, 2.05) is 0 Å². The van der Waals surface area contributed by atoms with Gasteiger partial charge in [0.05, 0.1) is 6.04 Å². The van der Waals surface area contributed by atoms with Crippen molar-refractivity contribution in [3.8, 4) is 0 Å². The average molecular weight is 122 g/mol. The highest BCUT2D eigenvalue weighted by Gasteiger charge is 2.03. The first-order chi connectivity index (χ1) is 3.18. The Labute approximate surface area is 47.6 Å². The third kappa shape index (κ3) is 2.60. The molecule has 0 aliphatic heterocycles. The van der Waals surface area contributed by atoms with Gasteiger partial charge in [-0.05, 0) is 6.92 Å². The molecule has 0 fully saturated rings. The van der Waals surface area contributed by atoms with Crippen LogP contribution in [0.25, 0.3) is 0 Å². The van der Waals surface area contributed by atoms with Crippen LogP contribution in [0.5, 0.6) is 0 Å². The van der Waals surface area contributed by atoms with Crippen molar-refractivity contribution in [3.05, 3.63) is 0 Å². The van der Waals surface area contributed by atoms with Gasteiger partial charge in [-0.15, -0.1) is 11.6 Å². The first-order valence-electron chi connectivity index (χ1n) is 2.00. The van der Waals surface area contributed by atoms with Crippen LogP contribution >= 0.6 is 11.6 Å². The fourth-order valence-corrected chi connectivity index (χ4v) is 0.326. The lowest BCUT2D eigenvalue weighted by Gasteiger charge is -1.97. The first-order valence-corrected chi connectivity index (χ1v) is 2.54. The Bertz CT molecular complexity index is 74.1. The summed E-state index contributed by atoms with van der Waals surface area (Å²) in [5.41, 5.74) is 5.13. The van der Waals surface area contributed by atoms with Crippen molar-refractivity contribution in [3.63, 3.8) is 0 Å². The Balaban J connectivity index is 3.34. The molecule has 0 saturated heterocycles. The normalized spacial score (nSPS) is 13.6. The standard InChI is InChI=1S/C4H8ClNO/c1-3(7)4(6)2-5/h4H,2,6H2,1H3/t4-/m1/s1. The number of Topliss-reactive ketones (excluding diaryl/α,β-unsaturated/α-hetero) is 1. The van der Waals surface area contributed by atoms with Crippen molar-refractivity contribution >= 4 is 17.4 Å². The van der Waals surface area contributed by atoms with Crippen LogP contribution in [0.4, 0.5) is 0 Å². The first kappa shape index (κ1) is 6.92. The van der Waals surface area contributed by atoms with Crippen LogP contribution in [0.1, 0.15) is 6.92 Å². The molecule has 0 spiro atoms. The minimum atomic E-state index is -0.471. The molecule has 0 aliphatic rings. The van der Waals surface area contributed by atoms with Gasteiger partial charge < -0.3 is 5.73 Å². The third-order valence-corrected chi connectivity index (χ3v) is 1.02. The zero-order chi connectivity index (χ0) is 5.86. The van der Waals surface area contributed by atoms with E-state index in [0.717, 1.165) is 0 Å². The van der Waals surface area contributed by atoms with E-state index in [0.29, 0.717) is 0 Å². The number of ketones is 1. The van der Waals surface area contributed by atoms with Crippen molar-refractivity contribution in [1.82, 2.24) is 0 Å². The van der Waals surface area contributed by atoms with Crippen molar-refractivity contribution in [1.29, 1.82) is 0 Å². The summed E-state index contributed by atoms with van der Waals surface area (Å²) in [6.07, 6.45) is 0. The number of carbonyl (C=O) groups is 1. The molecule has 0 aliphatic carbocycles. The molecule has 7 heavy (non-hydrogen) atoms. The van der Waals surface area contributed by atoms with Crippen molar-refractivity contribution < 1.29 is 4.79 Å². The van der Waals surface area contributed by atoms with E-state index in [4.69, 9.17) is 17.3 Å². The number of hydrogen-bond acceptors (Lipinski definition) is 2. The number of rotatable bonds is 2. The summed E-state index contributed by atoms with van der Waals surface area (Å²) in [7, 11) is 0. The molecular weight excluding hydrogens is 114 g/mol. The van der Waals surface area contributed by atoms with Gasteiger partial charge in [0.1, 0.15) is 5.78 Å². The molecule has 42 valence electrons. The largest absolute Gasteiger partial charge is 0.321 e. The minimum Gasteiger partial charge on any atom is -0.321 e. The Morgan fingerprint density at radius 1 is 2.00 bits per heavy atom. The van der Waals surface area contributed by atoms with Crippen LogP contribution in [0.15, 0.2) is 0 Å². The van der Waals surface area contributed by atoms with E-state index in [1.165, 1.54) is 6.92 Å². The second-order valence-corrected chi connectivity index (χ2v) is 1.68. The molecule has 0 amide bonds. The maximum atomic E-state index is 10.2. The van der Waals surface area contributed by atoms with Crippen LogP contribution in [0.3, 0.4) is 0 Å². The lowest BCUT2D eigenvalue weighted by atomic mass is 10.3. The molecular formula is C4H8ClNO. The highest BCUT2D eigenvalue weighted by molar-refractivity contribution is 6.19. The number of carbonyl (C=O) groups excluding carboxylic acids is 1. The van der Waals surface area contributed by atoms with Gasteiger partial charge in [-0.3, -0.25) is 4.79 Å². The monoisotopic (exact) mass is 121 g/mol. The summed E-state index contributed by atoms with van der Waals surface area (Å²) in [5.74, 6) is 0.157. The Kier molecular flexibility index (Phi) is 2.96. The third-order valence-electron chi connectivity index (χ3n) is 0.688. The number of nitrogens with two attached hydrogens (primary N) is 1. The van der Waals surface area contributed by atoms with Gasteiger partial charge >= 0.3 is 0 Å². The predicted octanol–water partition coefficient (Wildman–Crippen LogP) is 0.142. The molecule has 2 N–H and O–H groups in total. The van der Waals surface area contributed by atoms with Gasteiger partial charge in [-0.25, -0.2) is 0 Å². The van der Waals surface area contributed by atoms with Gasteiger partial charge in [0.25, 0.3) is 0 Å². The molecule has 0 rings (SSSR count). The van der Waals surface area contributed by atoms with Crippen LogP contribution in [-0.2, 0) is 4.79 Å². The maximum absolute atomic E-state index is 10.2. The summed E-state index contributed by atoms with van der Waals surface area (Å²) in [5, 5.41) is 0. The highest BCUT2D eigenvalue weighted by atomic mass is 35.5. The van der Waals surface area contributed by atoms with Crippen LogP contribution in [0.2, 0.25) is 0 Å². The lowest BCUT2D eigenvalue weighted by Crippen LogP contribution is -2.29. The van der Waals surface area contributed by atoms with Gasteiger partial charge in [-0.1, -0.05) is 0 Å². The van der Waals surface area contributed by atoms with E-state index < -0.39 is 6.04 Å². The smallest absolute Gasteiger partial charge is 0.147 e. The Morgan fingerprint density at radius 2 is 2.43 bits per heavy atom. The molecule has 2 nitrogen and oxygen atoms in total. The lowest BCUT2D eigenvalue weighted by molar-refractivity contribution is -0.117. The fourth-order valence-electron chi connectivity index (χ4n) is 0.109. The average Bonchev–Trinajstić information content (AvgIpc) is 1.65. The SMILES string of the molecule is CC(=O)[C@H](N)CCl. The molecule has 0 bridgehead atoms. The van der Waals surface area contributed by atoms with Gasteiger partial charge in [-0.2, -0.15) is 0 Å². The summed E-state index contributed by atoms with van der Waals surface area (Å²) >= 11 is 5.20. The molecule has 3 heteroatoms. The van der Waals surface area contributed by atoms with Gasteiger partial charge in [0.2, 0.25) is 0 Å². The van der Waals surface area contributed by atoms with E-state index in [1.54, 1.807) is 0 Å². The number of halogens is 1.